The minimum atomic E-state index is 0.425. The van der Waals surface area contributed by atoms with Crippen LogP contribution >= 0.6 is 11.3 Å². The number of thiazole rings is 1. The molecule has 20 heavy (non-hydrogen) atoms. The van der Waals surface area contributed by atoms with Crippen molar-refractivity contribution in [3.8, 4) is 5.75 Å². The van der Waals surface area contributed by atoms with Crippen LogP contribution in [0.2, 0.25) is 0 Å². The van der Waals surface area contributed by atoms with Crippen LogP contribution in [-0.4, -0.2) is 15.9 Å². The number of hydrogen-bond donors (Lipinski definition) is 1. The molecule has 2 rings (SSSR count). The van der Waals surface area contributed by atoms with E-state index in [-0.39, 0.29) is 0 Å². The zero-order chi connectivity index (χ0) is 14.7. The first kappa shape index (κ1) is 14.5. The lowest BCUT2D eigenvalue weighted by Gasteiger charge is -2.10. The average Bonchev–Trinajstić information content (AvgIpc) is 2.75. The molecule has 4 nitrogen and oxygen atoms in total. The molecule has 1 aromatic carbocycles. The topological polar surface area (TPSA) is 54.7 Å². The van der Waals surface area contributed by atoms with Gasteiger partial charge in [0.25, 0.3) is 0 Å². The largest absolute Gasteiger partial charge is 0.486 e. The average molecular weight is 290 g/mol. The summed E-state index contributed by atoms with van der Waals surface area (Å²) in [6.07, 6.45) is 0. The van der Waals surface area contributed by atoms with Crippen LogP contribution in [0.4, 0.5) is 0 Å². The zero-order valence-electron chi connectivity index (χ0n) is 12.1. The highest BCUT2D eigenvalue weighted by molar-refractivity contribution is 7.11. The summed E-state index contributed by atoms with van der Waals surface area (Å²) in [6.45, 7) is 8.21. The van der Waals surface area contributed by atoms with Gasteiger partial charge in [-0.05, 0) is 39.8 Å². The van der Waals surface area contributed by atoms with Crippen molar-refractivity contribution < 1.29 is 9.94 Å². The molecule has 1 heterocycles. The van der Waals surface area contributed by atoms with Crippen LogP contribution in [0.1, 0.15) is 33.6 Å². The van der Waals surface area contributed by atoms with Crippen LogP contribution in [0.15, 0.2) is 23.4 Å². The summed E-state index contributed by atoms with van der Waals surface area (Å²) >= 11 is 1.64. The van der Waals surface area contributed by atoms with Crippen LogP contribution in [0, 0.1) is 20.8 Å². The maximum absolute atomic E-state index is 8.95. The number of rotatable bonds is 4. The van der Waals surface area contributed by atoms with Crippen molar-refractivity contribution in [2.45, 2.75) is 34.3 Å². The third-order valence-electron chi connectivity index (χ3n) is 3.10. The molecule has 5 heteroatoms. The Bertz CT molecular complexity index is 628. The molecule has 2 aromatic rings. The summed E-state index contributed by atoms with van der Waals surface area (Å²) in [5.74, 6) is 0.705. The first-order valence-electron chi connectivity index (χ1n) is 6.36. The summed E-state index contributed by atoms with van der Waals surface area (Å²) in [4.78, 5) is 5.66. The lowest BCUT2D eigenvalue weighted by atomic mass is 10.1. The molecule has 0 aliphatic rings. The van der Waals surface area contributed by atoms with Crippen molar-refractivity contribution in [2.75, 3.05) is 0 Å². The van der Waals surface area contributed by atoms with Crippen molar-refractivity contribution in [3.05, 3.63) is 44.9 Å². The Morgan fingerprint density at radius 1 is 1.35 bits per heavy atom. The molecule has 0 amide bonds. The molecule has 0 fully saturated rings. The van der Waals surface area contributed by atoms with E-state index >= 15 is 0 Å². The van der Waals surface area contributed by atoms with E-state index in [9.17, 15) is 0 Å². The van der Waals surface area contributed by atoms with Gasteiger partial charge in [-0.3, -0.25) is 0 Å². The molecular formula is C15H18N2O2S. The molecule has 0 unspecified atom stereocenters. The zero-order valence-corrected chi connectivity index (χ0v) is 12.9. The molecule has 1 aromatic heterocycles. The van der Waals surface area contributed by atoms with Crippen molar-refractivity contribution in [1.29, 1.82) is 0 Å². The normalized spacial score (nSPS) is 11.7. The second-order valence-corrected chi connectivity index (χ2v) is 6.01. The number of aromatic nitrogens is 1. The smallest absolute Gasteiger partial charge is 0.140 e. The maximum Gasteiger partial charge on any atom is 0.140 e. The van der Waals surface area contributed by atoms with Crippen molar-refractivity contribution in [2.24, 2.45) is 5.16 Å². The highest BCUT2D eigenvalue weighted by Crippen LogP contribution is 2.24. The van der Waals surface area contributed by atoms with Crippen molar-refractivity contribution in [3.63, 3.8) is 0 Å². The lowest BCUT2D eigenvalue weighted by Crippen LogP contribution is -2.03. The van der Waals surface area contributed by atoms with Crippen molar-refractivity contribution in [1.82, 2.24) is 4.98 Å². The second kappa shape index (κ2) is 6.05. The first-order chi connectivity index (χ1) is 9.51. The van der Waals surface area contributed by atoms with Crippen molar-refractivity contribution >= 4 is 17.0 Å². The monoisotopic (exact) mass is 290 g/mol. The van der Waals surface area contributed by atoms with Gasteiger partial charge in [-0.1, -0.05) is 16.8 Å². The van der Waals surface area contributed by atoms with E-state index in [1.165, 1.54) is 4.88 Å². The van der Waals surface area contributed by atoms with E-state index in [0.717, 1.165) is 21.8 Å². The van der Waals surface area contributed by atoms with E-state index in [1.807, 2.05) is 32.0 Å². The van der Waals surface area contributed by atoms with Gasteiger partial charge in [0.2, 0.25) is 0 Å². The summed E-state index contributed by atoms with van der Waals surface area (Å²) < 4.78 is 5.83. The third-order valence-corrected chi connectivity index (χ3v) is 4.15. The number of aryl methyl sites for hydroxylation is 3. The lowest BCUT2D eigenvalue weighted by molar-refractivity contribution is 0.302. The molecule has 0 spiro atoms. The quantitative estimate of drug-likeness (QED) is 0.528. The number of nitrogens with zero attached hydrogens (tertiary/aromatic N) is 2. The standard InChI is InChI=1S/C15H18N2O2S/c1-9-5-6-14(13(7-9)11(3)17-18)19-8-15-16-10(2)12(4)20-15/h5-7,18H,8H2,1-4H3/b17-11-. The summed E-state index contributed by atoms with van der Waals surface area (Å²) in [5.41, 5.74) is 3.48. The van der Waals surface area contributed by atoms with E-state index < -0.39 is 0 Å². The van der Waals surface area contributed by atoms with Crippen LogP contribution in [-0.2, 0) is 6.61 Å². The minimum absolute atomic E-state index is 0.425. The summed E-state index contributed by atoms with van der Waals surface area (Å²) in [5, 5.41) is 13.2. The van der Waals surface area contributed by atoms with E-state index in [4.69, 9.17) is 9.94 Å². The van der Waals surface area contributed by atoms with E-state index in [1.54, 1.807) is 18.3 Å². The predicted octanol–water partition coefficient (Wildman–Crippen LogP) is 3.85. The number of benzene rings is 1. The van der Waals surface area contributed by atoms with E-state index in [0.29, 0.717) is 18.1 Å². The number of oxime groups is 1. The molecule has 106 valence electrons. The number of hydrogen-bond acceptors (Lipinski definition) is 5. The van der Waals surface area contributed by atoms with Gasteiger partial charge in [0.05, 0.1) is 11.4 Å². The SMILES string of the molecule is C/C(=N/O)c1cc(C)ccc1OCc1nc(C)c(C)s1. The Balaban J connectivity index is 2.21. The molecule has 0 aliphatic heterocycles. The van der Waals surface area contributed by atoms with E-state index in [2.05, 4.69) is 17.1 Å². The van der Waals surface area contributed by atoms with Gasteiger partial charge in [0, 0.05) is 10.4 Å². The fourth-order valence-electron chi connectivity index (χ4n) is 1.85. The second-order valence-electron chi connectivity index (χ2n) is 4.72. The molecule has 0 atom stereocenters. The van der Waals surface area contributed by atoms with Gasteiger partial charge in [-0.25, -0.2) is 4.98 Å². The van der Waals surface area contributed by atoms with Gasteiger partial charge >= 0.3 is 0 Å². The Hall–Kier alpha value is -1.88. The molecule has 0 saturated carbocycles. The fourth-order valence-corrected chi connectivity index (χ4v) is 2.69. The molecular weight excluding hydrogens is 272 g/mol. The summed E-state index contributed by atoms with van der Waals surface area (Å²) in [6, 6.07) is 5.82. The number of ether oxygens (including phenoxy) is 1. The Kier molecular flexibility index (Phi) is 4.39. The van der Waals surface area contributed by atoms with Gasteiger partial charge in [-0.2, -0.15) is 0 Å². The predicted molar refractivity (Wildman–Crippen MR) is 81.1 cm³/mol. The molecule has 0 bridgehead atoms. The minimum Gasteiger partial charge on any atom is -0.486 e. The van der Waals surface area contributed by atoms with Gasteiger partial charge in [0.1, 0.15) is 17.4 Å². The molecule has 0 aliphatic carbocycles. The van der Waals surface area contributed by atoms with Crippen LogP contribution < -0.4 is 4.74 Å². The molecule has 0 saturated heterocycles. The summed E-state index contributed by atoms with van der Waals surface area (Å²) in [7, 11) is 0. The third kappa shape index (κ3) is 3.17. The maximum atomic E-state index is 8.95. The molecule has 1 N–H and O–H groups in total. The molecule has 0 radical (unpaired) electrons. The fraction of sp³-hybridized carbons (Fsp3) is 0.333. The Morgan fingerprint density at radius 3 is 2.70 bits per heavy atom. The highest BCUT2D eigenvalue weighted by atomic mass is 32.1. The highest BCUT2D eigenvalue weighted by Gasteiger charge is 2.10. The Labute approximate surface area is 122 Å². The van der Waals surface area contributed by atoms with Crippen LogP contribution in [0.3, 0.4) is 0 Å². The first-order valence-corrected chi connectivity index (χ1v) is 7.18. The Morgan fingerprint density at radius 2 is 2.10 bits per heavy atom. The van der Waals surface area contributed by atoms with Gasteiger partial charge in [-0.15, -0.1) is 11.3 Å². The van der Waals surface area contributed by atoms with Crippen LogP contribution in [0.25, 0.3) is 0 Å². The van der Waals surface area contributed by atoms with Gasteiger partial charge in [0.15, 0.2) is 0 Å². The van der Waals surface area contributed by atoms with Gasteiger partial charge < -0.3 is 9.94 Å². The van der Waals surface area contributed by atoms with Crippen LogP contribution in [0.5, 0.6) is 5.75 Å².